The Balaban J connectivity index is 0.00000323. The zero-order chi connectivity index (χ0) is 29.2. The maximum Gasteiger partial charge on any atom is 0.265 e. The van der Waals surface area contributed by atoms with Gasteiger partial charge < -0.3 is 21.3 Å². The number of carbonyl (C=O) groups is 1. The number of nitrogen functional groups attached to an aromatic ring is 1. The highest BCUT2D eigenvalue weighted by Gasteiger charge is 2.25. The molecule has 1 fully saturated rings. The monoisotopic (exact) mass is 651 g/mol. The number of rotatable bonds is 14. The molecule has 0 bridgehead atoms. The molecule has 1 aliphatic rings. The number of nitrogens with one attached hydrogen (secondary N) is 2. The highest BCUT2D eigenvalue weighted by molar-refractivity contribution is 7.90. The van der Waals surface area contributed by atoms with Gasteiger partial charge in [-0.2, -0.15) is 0 Å². The van der Waals surface area contributed by atoms with Crippen LogP contribution < -0.4 is 15.8 Å². The first-order valence-corrected chi connectivity index (χ1v) is 16.0. The van der Waals surface area contributed by atoms with Crippen LogP contribution in [0.25, 0.3) is 11.1 Å². The van der Waals surface area contributed by atoms with E-state index in [0.29, 0.717) is 17.8 Å². The van der Waals surface area contributed by atoms with Crippen molar-refractivity contribution in [2.45, 2.75) is 57.0 Å². The van der Waals surface area contributed by atoms with E-state index in [1.165, 1.54) is 5.56 Å². The van der Waals surface area contributed by atoms with E-state index in [1.807, 2.05) is 24.3 Å². The van der Waals surface area contributed by atoms with E-state index in [9.17, 15) is 18.3 Å². The number of aryl methyl sites for hydroxylation is 1. The minimum atomic E-state index is -3.81. The van der Waals surface area contributed by atoms with Gasteiger partial charge in [-0.05, 0) is 90.6 Å². The molecular formula is C32H43Cl2N3O5S. The lowest BCUT2D eigenvalue weighted by Gasteiger charge is -2.17. The summed E-state index contributed by atoms with van der Waals surface area (Å²) in [4.78, 5) is 13.0. The lowest BCUT2D eigenvalue weighted by Crippen LogP contribution is -2.33. The summed E-state index contributed by atoms with van der Waals surface area (Å²) in [5.41, 5.74) is 11.8. The topological polar surface area (TPSA) is 142 Å². The lowest BCUT2D eigenvalue weighted by molar-refractivity contribution is 0.0980. The van der Waals surface area contributed by atoms with Crippen molar-refractivity contribution in [3.63, 3.8) is 0 Å². The predicted molar refractivity (Wildman–Crippen MR) is 178 cm³/mol. The largest absolute Gasteiger partial charge is 0.399 e. The Morgan fingerprint density at radius 1 is 0.930 bits per heavy atom. The molecular weight excluding hydrogens is 609 g/mol. The van der Waals surface area contributed by atoms with Crippen molar-refractivity contribution in [3.8, 4) is 11.1 Å². The van der Waals surface area contributed by atoms with E-state index in [2.05, 4.69) is 34.3 Å². The molecule has 4 rings (SSSR count). The number of halogens is 2. The van der Waals surface area contributed by atoms with E-state index in [-0.39, 0.29) is 49.5 Å². The number of amides is 1. The Labute approximate surface area is 267 Å². The van der Waals surface area contributed by atoms with E-state index in [1.54, 1.807) is 18.2 Å². The Morgan fingerprint density at radius 3 is 2.23 bits per heavy atom. The third kappa shape index (κ3) is 10.8. The van der Waals surface area contributed by atoms with Crippen molar-refractivity contribution in [2.24, 2.45) is 0 Å². The van der Waals surface area contributed by atoms with Gasteiger partial charge in [0.15, 0.2) is 0 Å². The fraction of sp³-hybridized carbons (Fsp3) is 0.406. The number of carbonyl (C=O) groups excluding carboxylic acids is 1. The highest BCUT2D eigenvalue weighted by atomic mass is 35.5. The van der Waals surface area contributed by atoms with Crippen molar-refractivity contribution < 1.29 is 23.4 Å². The number of aliphatic hydroxyl groups excluding tert-OH is 2. The van der Waals surface area contributed by atoms with Crippen molar-refractivity contribution in [1.29, 1.82) is 0 Å². The van der Waals surface area contributed by atoms with Crippen LogP contribution in [-0.2, 0) is 16.4 Å². The summed E-state index contributed by atoms with van der Waals surface area (Å²) in [6.45, 7) is 1.02. The molecule has 43 heavy (non-hydrogen) atoms. The van der Waals surface area contributed by atoms with Crippen molar-refractivity contribution in [3.05, 3.63) is 89.0 Å². The lowest BCUT2D eigenvalue weighted by atomic mass is 9.89. The minimum Gasteiger partial charge on any atom is -0.399 e. The Kier molecular flexibility index (Phi) is 14.9. The molecule has 236 valence electrons. The molecule has 0 heterocycles. The van der Waals surface area contributed by atoms with Crippen LogP contribution in [-0.4, -0.2) is 50.0 Å². The first-order chi connectivity index (χ1) is 19.8. The summed E-state index contributed by atoms with van der Waals surface area (Å²) in [5.74, 6) is -0.678. The standard InChI is InChI=1S/C32H41N3O5S.2ClH/c33-28-15-12-26(13-16-28)31(37)22-34-18-3-5-23-8-10-24(11-9-23)27-14-17-29(30(21-27)25-6-1-2-7-25)32(38)35-41(39,40)20-4-19-36;;/h8-17,21,25,31,34,36-37H,1-7,18-20,22,33H2,(H,35,38);2*1H/t31-;;/m0../s1. The van der Waals surface area contributed by atoms with E-state index in [4.69, 9.17) is 10.8 Å². The minimum absolute atomic E-state index is 0. The second kappa shape index (κ2) is 17.6. The molecule has 6 N–H and O–H groups in total. The maximum absolute atomic E-state index is 13.0. The van der Waals surface area contributed by atoms with Gasteiger partial charge >= 0.3 is 0 Å². The Hall–Kier alpha value is -2.66. The van der Waals surface area contributed by atoms with E-state index < -0.39 is 22.0 Å². The fourth-order valence-corrected chi connectivity index (χ4v) is 6.39. The number of hydrogen-bond donors (Lipinski definition) is 5. The van der Waals surface area contributed by atoms with Crippen LogP contribution in [0.1, 0.15) is 77.6 Å². The fourth-order valence-electron chi connectivity index (χ4n) is 5.38. The molecule has 1 aliphatic carbocycles. The number of nitrogens with two attached hydrogens (primary N) is 1. The Morgan fingerprint density at radius 2 is 1.58 bits per heavy atom. The zero-order valence-electron chi connectivity index (χ0n) is 24.2. The molecule has 3 aromatic rings. The van der Waals surface area contributed by atoms with Gasteiger partial charge in [-0.3, -0.25) is 4.79 Å². The molecule has 0 radical (unpaired) electrons. The molecule has 11 heteroatoms. The average molecular weight is 653 g/mol. The second-order valence-electron chi connectivity index (χ2n) is 10.8. The summed E-state index contributed by atoms with van der Waals surface area (Å²) in [5, 5.41) is 22.6. The summed E-state index contributed by atoms with van der Waals surface area (Å²) in [6.07, 6.45) is 5.49. The number of hydrogen-bond acceptors (Lipinski definition) is 7. The van der Waals surface area contributed by atoms with E-state index >= 15 is 0 Å². The van der Waals surface area contributed by atoms with Crippen LogP contribution in [0.4, 0.5) is 5.69 Å². The SMILES string of the molecule is Cl.Cl.Nc1ccc([C@@H](O)CNCCCc2ccc(-c3ccc(C(=O)NS(=O)(=O)CCCO)c(C4CCCC4)c3)cc2)cc1. The van der Waals surface area contributed by atoms with Gasteiger partial charge in [-0.1, -0.05) is 61.4 Å². The number of anilines is 1. The van der Waals surface area contributed by atoms with Crippen molar-refractivity contribution >= 4 is 46.4 Å². The van der Waals surface area contributed by atoms with E-state index in [0.717, 1.165) is 67.3 Å². The summed E-state index contributed by atoms with van der Waals surface area (Å²) in [7, 11) is -3.81. The zero-order valence-corrected chi connectivity index (χ0v) is 26.7. The summed E-state index contributed by atoms with van der Waals surface area (Å²) in [6, 6.07) is 21.3. The quantitative estimate of drug-likeness (QED) is 0.120. The molecule has 3 aromatic carbocycles. The van der Waals surface area contributed by atoms with Crippen LogP contribution >= 0.6 is 24.8 Å². The summed E-state index contributed by atoms with van der Waals surface area (Å²) < 4.78 is 26.7. The van der Waals surface area contributed by atoms with Crippen molar-refractivity contribution in [2.75, 3.05) is 31.2 Å². The Bertz CT molecular complexity index is 1400. The average Bonchev–Trinajstić information content (AvgIpc) is 3.51. The van der Waals surface area contributed by atoms with Gasteiger partial charge in [0, 0.05) is 24.4 Å². The molecule has 1 saturated carbocycles. The van der Waals surface area contributed by atoms with Gasteiger partial charge in [0.05, 0.1) is 11.9 Å². The molecule has 1 amide bonds. The van der Waals surface area contributed by atoms with Crippen molar-refractivity contribution in [1.82, 2.24) is 10.0 Å². The molecule has 0 saturated heterocycles. The van der Waals surface area contributed by atoms with Crippen LogP contribution in [0.2, 0.25) is 0 Å². The normalized spacial score (nSPS) is 14.0. The van der Waals surface area contributed by atoms with Gasteiger partial charge in [0.2, 0.25) is 10.0 Å². The second-order valence-corrected chi connectivity index (χ2v) is 12.6. The first kappa shape index (κ1) is 36.5. The first-order valence-electron chi connectivity index (χ1n) is 14.4. The third-order valence-corrected chi connectivity index (χ3v) is 9.00. The molecule has 0 aliphatic heterocycles. The molecule has 1 atom stereocenters. The molecule has 0 spiro atoms. The third-order valence-electron chi connectivity index (χ3n) is 7.68. The van der Waals surface area contributed by atoms with Crippen LogP contribution in [0, 0.1) is 0 Å². The number of benzene rings is 3. The predicted octanol–water partition coefficient (Wildman–Crippen LogP) is 5.13. The molecule has 8 nitrogen and oxygen atoms in total. The smallest absolute Gasteiger partial charge is 0.265 e. The molecule has 0 unspecified atom stereocenters. The van der Waals surface area contributed by atoms with Gasteiger partial charge in [0.25, 0.3) is 5.91 Å². The van der Waals surface area contributed by atoms with Gasteiger partial charge in [-0.25, -0.2) is 13.1 Å². The van der Waals surface area contributed by atoms with Gasteiger partial charge in [0.1, 0.15) is 0 Å². The summed E-state index contributed by atoms with van der Waals surface area (Å²) >= 11 is 0. The highest BCUT2D eigenvalue weighted by Crippen LogP contribution is 2.38. The van der Waals surface area contributed by atoms with Crippen LogP contribution in [0.15, 0.2) is 66.7 Å². The van der Waals surface area contributed by atoms with Crippen LogP contribution in [0.5, 0.6) is 0 Å². The van der Waals surface area contributed by atoms with Gasteiger partial charge in [-0.15, -0.1) is 24.8 Å². The van der Waals surface area contributed by atoms with Crippen LogP contribution in [0.3, 0.4) is 0 Å². The molecule has 0 aromatic heterocycles. The number of aliphatic hydroxyl groups is 2. The maximum atomic E-state index is 13.0. The number of sulfonamides is 1.